The molecule has 47 heavy (non-hydrogen) atoms. The second kappa shape index (κ2) is 12.6. The number of hydrogen-bond acceptors (Lipinski definition) is 6. The maximum Gasteiger partial charge on any atom is 0.236 e. The van der Waals surface area contributed by atoms with E-state index in [9.17, 15) is 14.4 Å². The third-order valence-electron chi connectivity index (χ3n) is 15.2. The molecule has 3 heterocycles. The maximum absolute atomic E-state index is 13.1. The molecule has 7 fully saturated rings. The van der Waals surface area contributed by atoms with Gasteiger partial charge in [0.2, 0.25) is 17.7 Å². The second-order valence-electron chi connectivity index (χ2n) is 17.8. The summed E-state index contributed by atoms with van der Waals surface area (Å²) in [6, 6.07) is 0.169. The van der Waals surface area contributed by atoms with Gasteiger partial charge in [-0.05, 0) is 104 Å². The average Bonchev–Trinajstić information content (AvgIpc) is 3.48. The topological polar surface area (TPSA) is 91.4 Å². The zero-order chi connectivity index (χ0) is 33.3. The van der Waals surface area contributed by atoms with Gasteiger partial charge < -0.3 is 24.6 Å². The molecule has 9 heteroatoms. The van der Waals surface area contributed by atoms with Crippen molar-refractivity contribution in [2.45, 2.75) is 116 Å². The van der Waals surface area contributed by atoms with Crippen molar-refractivity contribution in [3.63, 3.8) is 0 Å². The smallest absolute Gasteiger partial charge is 0.236 e. The average molecular weight is 655 g/mol. The van der Waals surface area contributed by atoms with Crippen LogP contribution in [0.4, 0.5) is 0 Å². The third-order valence-corrected chi connectivity index (χ3v) is 15.2. The molecular weight excluding hydrogens is 592 g/mol. The van der Waals surface area contributed by atoms with Crippen LogP contribution in [-0.2, 0) is 23.9 Å². The molecule has 4 saturated carbocycles. The van der Waals surface area contributed by atoms with Gasteiger partial charge in [0.05, 0.1) is 19.3 Å². The van der Waals surface area contributed by atoms with Gasteiger partial charge >= 0.3 is 0 Å². The summed E-state index contributed by atoms with van der Waals surface area (Å²) in [4.78, 5) is 43.6. The summed E-state index contributed by atoms with van der Waals surface area (Å²) < 4.78 is 13.5. The van der Waals surface area contributed by atoms with E-state index < -0.39 is 0 Å². The molecule has 1 unspecified atom stereocenters. The van der Waals surface area contributed by atoms with Crippen LogP contribution in [-0.4, -0.2) is 104 Å². The summed E-state index contributed by atoms with van der Waals surface area (Å²) in [6.45, 7) is 13.6. The molecule has 3 amide bonds. The molecule has 0 aromatic rings. The molecule has 12 atom stereocenters. The van der Waals surface area contributed by atoms with E-state index >= 15 is 0 Å². The highest BCUT2D eigenvalue weighted by Gasteiger charge is 2.69. The van der Waals surface area contributed by atoms with Crippen LogP contribution in [0.3, 0.4) is 0 Å². The first-order valence-corrected chi connectivity index (χ1v) is 19.1. The van der Waals surface area contributed by atoms with Gasteiger partial charge in [-0.3, -0.25) is 19.3 Å². The van der Waals surface area contributed by atoms with Gasteiger partial charge in [0.1, 0.15) is 6.42 Å². The predicted octanol–water partition coefficient (Wildman–Crippen LogP) is 4.54. The molecule has 3 saturated heterocycles. The molecule has 0 radical (unpaired) electrons. The number of ether oxygens (including phenoxy) is 2. The fraction of sp³-hybridized carbons (Fsp3) is 0.921. The summed E-state index contributed by atoms with van der Waals surface area (Å²) in [5, 5.41) is 3.29. The lowest BCUT2D eigenvalue weighted by Gasteiger charge is -2.61. The molecule has 0 aromatic carbocycles. The van der Waals surface area contributed by atoms with Crippen molar-refractivity contribution >= 4 is 17.7 Å². The van der Waals surface area contributed by atoms with Crippen LogP contribution in [0.2, 0.25) is 0 Å². The SMILES string of the molecule is C[C@H]1CC[C@@]2(OC1)O[C@H]1C[C@H]3[C@@H]4CC[C@@H]5C[C@H](NC(=O)CC(=O)N6CCN(CC(=O)N(C)C)CC6)CC[C@]5(C)C4CC[C@]3(C)[C@H]1[C@@H]2C. The number of nitrogens with one attached hydrogen (secondary N) is 1. The Morgan fingerprint density at radius 1 is 0.872 bits per heavy atom. The first-order valence-electron chi connectivity index (χ1n) is 19.1. The maximum atomic E-state index is 13.1. The minimum atomic E-state index is -0.341. The summed E-state index contributed by atoms with van der Waals surface area (Å²) >= 11 is 0. The quantitative estimate of drug-likeness (QED) is 0.438. The monoisotopic (exact) mass is 654 g/mol. The summed E-state index contributed by atoms with van der Waals surface area (Å²) in [5.41, 5.74) is 0.682. The van der Waals surface area contributed by atoms with Crippen LogP contribution in [0.15, 0.2) is 0 Å². The van der Waals surface area contributed by atoms with E-state index in [2.05, 4.69) is 37.9 Å². The van der Waals surface area contributed by atoms with Crippen molar-refractivity contribution in [1.82, 2.24) is 20.0 Å². The molecule has 1 N–H and O–H groups in total. The minimum absolute atomic E-state index is 0.0749. The fourth-order valence-electron chi connectivity index (χ4n) is 12.4. The molecule has 9 nitrogen and oxygen atoms in total. The number of carbonyl (C=O) groups excluding carboxylic acids is 3. The number of rotatable bonds is 5. The molecule has 4 aliphatic carbocycles. The van der Waals surface area contributed by atoms with E-state index in [-0.39, 0.29) is 36.0 Å². The van der Waals surface area contributed by atoms with Gasteiger partial charge in [-0.25, -0.2) is 0 Å². The normalized spacial score (nSPS) is 46.3. The highest BCUT2D eigenvalue weighted by Crippen LogP contribution is 2.71. The Hall–Kier alpha value is -1.71. The molecular formula is C38H62N4O5. The number of fused-ring (bicyclic) bond motifs is 7. The zero-order valence-corrected chi connectivity index (χ0v) is 30.1. The van der Waals surface area contributed by atoms with Crippen molar-refractivity contribution in [3.8, 4) is 0 Å². The highest BCUT2D eigenvalue weighted by atomic mass is 16.7. The highest BCUT2D eigenvalue weighted by molar-refractivity contribution is 5.97. The van der Waals surface area contributed by atoms with Crippen molar-refractivity contribution in [1.29, 1.82) is 0 Å². The lowest BCUT2D eigenvalue weighted by Crippen LogP contribution is -2.56. The van der Waals surface area contributed by atoms with Crippen LogP contribution in [0.1, 0.15) is 98.3 Å². The molecule has 7 rings (SSSR count). The molecule has 1 spiro atoms. The van der Waals surface area contributed by atoms with E-state index in [4.69, 9.17) is 9.47 Å². The Bertz CT molecular complexity index is 1210. The molecule has 264 valence electrons. The Kier molecular flexibility index (Phi) is 9.03. The number of likely N-dealkylation sites (N-methyl/N-ethyl adjacent to an activating group) is 1. The second-order valence-corrected chi connectivity index (χ2v) is 17.8. The van der Waals surface area contributed by atoms with Gasteiger partial charge in [-0.15, -0.1) is 0 Å². The largest absolute Gasteiger partial charge is 0.353 e. The van der Waals surface area contributed by atoms with Crippen LogP contribution < -0.4 is 5.32 Å². The molecule has 3 aliphatic heterocycles. The van der Waals surface area contributed by atoms with Crippen molar-refractivity contribution in [2.75, 3.05) is 53.4 Å². The van der Waals surface area contributed by atoms with Crippen molar-refractivity contribution in [3.05, 3.63) is 0 Å². The van der Waals surface area contributed by atoms with Crippen LogP contribution in [0.25, 0.3) is 0 Å². The van der Waals surface area contributed by atoms with Gasteiger partial charge in [-0.2, -0.15) is 0 Å². The Morgan fingerprint density at radius 2 is 1.62 bits per heavy atom. The molecule has 0 bridgehead atoms. The lowest BCUT2D eigenvalue weighted by molar-refractivity contribution is -0.273. The first kappa shape index (κ1) is 33.8. The number of piperazine rings is 1. The Labute approximate surface area is 283 Å². The fourth-order valence-corrected chi connectivity index (χ4v) is 12.4. The van der Waals surface area contributed by atoms with E-state index in [1.54, 1.807) is 23.9 Å². The van der Waals surface area contributed by atoms with E-state index in [0.29, 0.717) is 73.3 Å². The van der Waals surface area contributed by atoms with E-state index in [0.717, 1.165) is 43.6 Å². The summed E-state index contributed by atoms with van der Waals surface area (Å²) in [5.74, 6) is 4.15. The Morgan fingerprint density at radius 3 is 2.32 bits per heavy atom. The number of hydrogen-bond donors (Lipinski definition) is 1. The van der Waals surface area contributed by atoms with E-state index in [1.165, 1.54) is 44.9 Å². The van der Waals surface area contributed by atoms with Crippen LogP contribution >= 0.6 is 0 Å². The minimum Gasteiger partial charge on any atom is -0.353 e. The number of carbonyl (C=O) groups is 3. The van der Waals surface area contributed by atoms with E-state index in [1.807, 2.05) is 0 Å². The third kappa shape index (κ3) is 5.86. The predicted molar refractivity (Wildman–Crippen MR) is 180 cm³/mol. The zero-order valence-electron chi connectivity index (χ0n) is 30.1. The van der Waals surface area contributed by atoms with Gasteiger partial charge in [0.15, 0.2) is 5.79 Å². The molecule has 0 aromatic heterocycles. The van der Waals surface area contributed by atoms with Crippen LogP contribution in [0.5, 0.6) is 0 Å². The van der Waals surface area contributed by atoms with Gasteiger partial charge in [-0.1, -0.05) is 27.7 Å². The summed E-state index contributed by atoms with van der Waals surface area (Å²) in [6.07, 6.45) is 12.2. The van der Waals surface area contributed by atoms with Crippen LogP contribution in [0, 0.1) is 52.3 Å². The van der Waals surface area contributed by atoms with Crippen molar-refractivity contribution < 1.29 is 23.9 Å². The number of amides is 3. The Balaban J connectivity index is 0.913. The first-order chi connectivity index (χ1) is 22.3. The number of nitrogens with zero attached hydrogens (tertiary/aromatic N) is 3. The standard InChI is InChI=1S/C38H62N4O5/c1-24-9-14-38(46-23-24)25(2)35-31(47-38)20-30-28-8-7-26-19-27(10-12-36(26,3)29(28)11-13-37(30,35)4)39-32(43)21-33(44)42-17-15-41(16-18-42)22-34(45)40(5)6/h24-31,35H,7-23H2,1-6H3,(H,39,43)/t24-,25-,26+,27+,28+,29?,30-,31-,35-,36-,37-,38+/m0/s1. The van der Waals surface area contributed by atoms with Gasteiger partial charge in [0, 0.05) is 58.7 Å². The summed E-state index contributed by atoms with van der Waals surface area (Å²) in [7, 11) is 3.53. The molecule has 7 aliphatic rings. The van der Waals surface area contributed by atoms with Crippen molar-refractivity contribution in [2.24, 2.45) is 52.3 Å². The van der Waals surface area contributed by atoms with Gasteiger partial charge in [0.25, 0.3) is 0 Å². The lowest BCUT2D eigenvalue weighted by atomic mass is 9.44.